The Labute approximate surface area is 125 Å². The van der Waals surface area contributed by atoms with Crippen LogP contribution >= 0.6 is 0 Å². The number of anilines is 1. The van der Waals surface area contributed by atoms with Crippen LogP contribution in [0.1, 0.15) is 19.3 Å². The highest BCUT2D eigenvalue weighted by atomic mass is 16.3. The van der Waals surface area contributed by atoms with Gasteiger partial charge in [0.2, 0.25) is 5.91 Å². The van der Waals surface area contributed by atoms with Gasteiger partial charge in [-0.15, -0.1) is 0 Å². The minimum Gasteiger partial charge on any atom is -0.506 e. The Hall–Kier alpha value is -1.97. The van der Waals surface area contributed by atoms with Crippen LogP contribution in [0.2, 0.25) is 0 Å². The Kier molecular flexibility index (Phi) is 4.13. The number of phenolic OH excluding ortho intramolecular Hbond substituents is 1. The third-order valence-corrected chi connectivity index (χ3v) is 4.43. The molecule has 2 aliphatic rings. The van der Waals surface area contributed by atoms with Gasteiger partial charge in [0.05, 0.1) is 5.69 Å². The fraction of sp³-hybridized carbons (Fsp3) is 0.471. The highest BCUT2D eigenvalue weighted by Crippen LogP contribution is 2.28. The predicted molar refractivity (Wildman–Crippen MR) is 83.4 cm³/mol. The van der Waals surface area contributed by atoms with Crippen LogP contribution < -0.4 is 4.90 Å². The molecule has 0 bridgehead atoms. The smallest absolute Gasteiger partial charge is 0.226 e. The van der Waals surface area contributed by atoms with Gasteiger partial charge in [0.1, 0.15) is 5.75 Å². The fourth-order valence-electron chi connectivity index (χ4n) is 3.18. The number of nitrogens with zero attached hydrogens (tertiary/aromatic N) is 2. The molecule has 21 heavy (non-hydrogen) atoms. The van der Waals surface area contributed by atoms with E-state index >= 15 is 0 Å². The molecule has 1 N–H and O–H groups in total. The molecule has 112 valence electrons. The average molecular weight is 286 g/mol. The molecule has 1 saturated heterocycles. The normalized spacial score (nSPS) is 22.4. The zero-order chi connectivity index (χ0) is 14.7. The predicted octanol–water partition coefficient (Wildman–Crippen LogP) is 2.40. The summed E-state index contributed by atoms with van der Waals surface area (Å²) in [5.41, 5.74) is 0.866. The highest BCUT2D eigenvalue weighted by molar-refractivity contribution is 5.79. The summed E-state index contributed by atoms with van der Waals surface area (Å²) in [5, 5.41) is 9.91. The largest absolute Gasteiger partial charge is 0.506 e. The summed E-state index contributed by atoms with van der Waals surface area (Å²) < 4.78 is 0. The lowest BCUT2D eigenvalue weighted by Gasteiger charge is -2.38. The Bertz CT molecular complexity index is 533. The van der Waals surface area contributed by atoms with Gasteiger partial charge in [0, 0.05) is 32.1 Å². The average Bonchev–Trinajstić information content (AvgIpc) is 2.56. The summed E-state index contributed by atoms with van der Waals surface area (Å²) in [6, 6.07) is 7.40. The second-order valence-corrected chi connectivity index (χ2v) is 5.78. The van der Waals surface area contributed by atoms with Crippen LogP contribution in [-0.2, 0) is 4.79 Å². The van der Waals surface area contributed by atoms with E-state index in [0.717, 1.165) is 51.1 Å². The summed E-state index contributed by atoms with van der Waals surface area (Å²) in [6.07, 6.45) is 7.19. The van der Waals surface area contributed by atoms with Crippen LogP contribution in [0, 0.1) is 5.92 Å². The summed E-state index contributed by atoms with van der Waals surface area (Å²) in [7, 11) is 0. The van der Waals surface area contributed by atoms with Crippen molar-refractivity contribution in [2.75, 3.05) is 31.1 Å². The first-order valence-electron chi connectivity index (χ1n) is 7.72. The second-order valence-electron chi connectivity index (χ2n) is 5.78. The summed E-state index contributed by atoms with van der Waals surface area (Å²) >= 11 is 0. The van der Waals surface area contributed by atoms with E-state index in [0.29, 0.717) is 11.7 Å². The lowest BCUT2D eigenvalue weighted by Crippen LogP contribution is -2.50. The number of para-hydroxylation sites is 2. The first kappa shape index (κ1) is 14.0. The Morgan fingerprint density at radius 3 is 2.52 bits per heavy atom. The molecule has 1 aliphatic heterocycles. The van der Waals surface area contributed by atoms with Gasteiger partial charge in [0.15, 0.2) is 0 Å². The molecule has 0 saturated carbocycles. The number of piperazine rings is 1. The van der Waals surface area contributed by atoms with Crippen molar-refractivity contribution in [3.8, 4) is 5.75 Å². The molecular weight excluding hydrogens is 264 g/mol. The second kappa shape index (κ2) is 6.20. The summed E-state index contributed by atoms with van der Waals surface area (Å²) in [4.78, 5) is 16.6. The molecule has 0 radical (unpaired) electrons. The van der Waals surface area contributed by atoms with Crippen LogP contribution in [0.25, 0.3) is 0 Å². The molecule has 0 spiro atoms. The first-order chi connectivity index (χ1) is 10.3. The minimum atomic E-state index is 0.173. The Morgan fingerprint density at radius 1 is 1.10 bits per heavy atom. The van der Waals surface area contributed by atoms with Crippen LogP contribution in [0.4, 0.5) is 5.69 Å². The molecule has 1 heterocycles. The maximum atomic E-state index is 12.5. The topological polar surface area (TPSA) is 43.8 Å². The number of hydrogen-bond donors (Lipinski definition) is 1. The number of amides is 1. The van der Waals surface area contributed by atoms with Crippen molar-refractivity contribution in [3.63, 3.8) is 0 Å². The van der Waals surface area contributed by atoms with E-state index in [1.165, 1.54) is 0 Å². The molecule has 1 aromatic rings. The zero-order valence-corrected chi connectivity index (χ0v) is 12.2. The van der Waals surface area contributed by atoms with Gasteiger partial charge >= 0.3 is 0 Å². The first-order valence-corrected chi connectivity index (χ1v) is 7.72. The van der Waals surface area contributed by atoms with Crippen molar-refractivity contribution in [2.24, 2.45) is 5.92 Å². The van der Waals surface area contributed by atoms with Gasteiger partial charge in [-0.05, 0) is 31.4 Å². The lowest BCUT2D eigenvalue weighted by molar-refractivity contribution is -0.136. The molecule has 1 aliphatic carbocycles. The number of carbonyl (C=O) groups is 1. The van der Waals surface area contributed by atoms with Gasteiger partial charge in [0.25, 0.3) is 0 Å². The van der Waals surface area contributed by atoms with Gasteiger partial charge in [-0.25, -0.2) is 0 Å². The van der Waals surface area contributed by atoms with Crippen molar-refractivity contribution in [2.45, 2.75) is 19.3 Å². The molecule has 1 amide bonds. The minimum absolute atomic E-state index is 0.173. The number of benzene rings is 1. The van der Waals surface area contributed by atoms with Crippen molar-refractivity contribution < 1.29 is 9.90 Å². The number of carbonyl (C=O) groups excluding carboxylic acids is 1. The maximum absolute atomic E-state index is 12.5. The third-order valence-electron chi connectivity index (χ3n) is 4.43. The SMILES string of the molecule is O=C(C1CC=CCC1)N1CCN(c2ccccc2O)CC1. The molecule has 1 aromatic carbocycles. The van der Waals surface area contributed by atoms with E-state index in [1.807, 2.05) is 23.1 Å². The van der Waals surface area contributed by atoms with Gasteiger partial charge in [-0.1, -0.05) is 24.3 Å². The van der Waals surface area contributed by atoms with Crippen molar-refractivity contribution in [1.82, 2.24) is 4.90 Å². The van der Waals surface area contributed by atoms with E-state index in [-0.39, 0.29) is 5.92 Å². The molecule has 4 heteroatoms. The maximum Gasteiger partial charge on any atom is 0.226 e. The molecular formula is C17H22N2O2. The van der Waals surface area contributed by atoms with Crippen LogP contribution in [0.5, 0.6) is 5.75 Å². The van der Waals surface area contributed by atoms with Crippen LogP contribution in [-0.4, -0.2) is 42.1 Å². The van der Waals surface area contributed by atoms with E-state index in [1.54, 1.807) is 6.07 Å². The van der Waals surface area contributed by atoms with Crippen LogP contribution in [0.3, 0.4) is 0 Å². The van der Waals surface area contributed by atoms with Crippen molar-refractivity contribution in [3.05, 3.63) is 36.4 Å². The van der Waals surface area contributed by atoms with Crippen LogP contribution in [0.15, 0.2) is 36.4 Å². The molecule has 0 aromatic heterocycles. The standard InChI is InChI=1S/C17H22N2O2/c20-16-9-5-4-8-15(16)18-10-12-19(13-11-18)17(21)14-6-2-1-3-7-14/h1-2,4-5,8-9,14,20H,3,6-7,10-13H2. The van der Waals surface area contributed by atoms with E-state index in [2.05, 4.69) is 17.1 Å². The Morgan fingerprint density at radius 2 is 1.86 bits per heavy atom. The quantitative estimate of drug-likeness (QED) is 0.849. The number of rotatable bonds is 2. The van der Waals surface area contributed by atoms with E-state index in [9.17, 15) is 9.90 Å². The third kappa shape index (κ3) is 3.04. The van der Waals surface area contributed by atoms with Crippen molar-refractivity contribution >= 4 is 11.6 Å². The fourth-order valence-corrected chi connectivity index (χ4v) is 3.18. The zero-order valence-electron chi connectivity index (χ0n) is 12.2. The molecule has 3 rings (SSSR count). The molecule has 1 unspecified atom stereocenters. The Balaban J connectivity index is 1.59. The number of allylic oxidation sites excluding steroid dienone is 2. The molecule has 4 nitrogen and oxygen atoms in total. The number of phenols is 1. The van der Waals surface area contributed by atoms with Gasteiger partial charge < -0.3 is 14.9 Å². The van der Waals surface area contributed by atoms with E-state index in [4.69, 9.17) is 0 Å². The van der Waals surface area contributed by atoms with Gasteiger partial charge in [-0.3, -0.25) is 4.79 Å². The number of aromatic hydroxyl groups is 1. The van der Waals surface area contributed by atoms with Crippen molar-refractivity contribution in [1.29, 1.82) is 0 Å². The lowest BCUT2D eigenvalue weighted by atomic mass is 9.93. The molecule has 1 atom stereocenters. The van der Waals surface area contributed by atoms with Gasteiger partial charge in [-0.2, -0.15) is 0 Å². The van der Waals surface area contributed by atoms with E-state index < -0.39 is 0 Å². The summed E-state index contributed by atoms with van der Waals surface area (Å²) in [5.74, 6) is 0.789. The highest BCUT2D eigenvalue weighted by Gasteiger charge is 2.27. The monoisotopic (exact) mass is 286 g/mol. The summed E-state index contributed by atoms with van der Waals surface area (Å²) in [6.45, 7) is 3.05. The number of hydrogen-bond acceptors (Lipinski definition) is 3. The molecule has 1 fully saturated rings.